The summed E-state index contributed by atoms with van der Waals surface area (Å²) in [6.45, 7) is -0.195. The predicted octanol–water partition coefficient (Wildman–Crippen LogP) is 3.10. The number of hydrogen-bond acceptors (Lipinski definition) is 4. The number of carbonyl (C=O) groups is 2. The average molecular weight is 411 g/mol. The van der Waals surface area contributed by atoms with Crippen molar-refractivity contribution in [2.45, 2.75) is 0 Å². The van der Waals surface area contributed by atoms with Crippen molar-refractivity contribution in [3.05, 3.63) is 57.7 Å². The molecule has 0 radical (unpaired) electrons. The zero-order chi connectivity index (χ0) is 15.9. The molecule has 0 saturated heterocycles. The van der Waals surface area contributed by atoms with Gasteiger partial charge in [-0.2, -0.15) is 0 Å². The maximum Gasteiger partial charge on any atom is 0.341 e. The van der Waals surface area contributed by atoms with Crippen LogP contribution in [-0.4, -0.2) is 25.6 Å². The van der Waals surface area contributed by atoms with Crippen LogP contribution in [0.25, 0.3) is 0 Å². The second kappa shape index (κ2) is 7.79. The van der Waals surface area contributed by atoms with Crippen LogP contribution in [0.3, 0.4) is 0 Å². The minimum absolute atomic E-state index is 0.195. The van der Waals surface area contributed by atoms with Gasteiger partial charge in [0.05, 0.1) is 7.11 Å². The van der Waals surface area contributed by atoms with Crippen molar-refractivity contribution in [3.63, 3.8) is 0 Å². The largest absolute Gasteiger partial charge is 0.483 e. The maximum absolute atomic E-state index is 11.9. The number of anilines is 1. The highest BCUT2D eigenvalue weighted by Crippen LogP contribution is 2.19. The average Bonchev–Trinajstić information content (AvgIpc) is 2.52. The monoisotopic (exact) mass is 411 g/mol. The molecule has 0 bridgehead atoms. The van der Waals surface area contributed by atoms with Crippen LogP contribution in [0.1, 0.15) is 10.4 Å². The van der Waals surface area contributed by atoms with E-state index in [-0.39, 0.29) is 18.1 Å². The fourth-order valence-corrected chi connectivity index (χ4v) is 2.32. The van der Waals surface area contributed by atoms with Crippen molar-refractivity contribution in [1.29, 1.82) is 0 Å². The molecule has 22 heavy (non-hydrogen) atoms. The lowest BCUT2D eigenvalue weighted by molar-refractivity contribution is -0.118. The van der Waals surface area contributed by atoms with Gasteiger partial charge >= 0.3 is 5.97 Å². The van der Waals surface area contributed by atoms with Crippen LogP contribution >= 0.6 is 22.6 Å². The Bertz CT molecular complexity index is 687. The van der Waals surface area contributed by atoms with E-state index in [1.807, 2.05) is 18.2 Å². The summed E-state index contributed by atoms with van der Waals surface area (Å²) in [5.74, 6) is -0.498. The number of ether oxygens (including phenoxy) is 2. The Morgan fingerprint density at radius 3 is 2.64 bits per heavy atom. The van der Waals surface area contributed by atoms with Gasteiger partial charge in [-0.1, -0.05) is 18.2 Å². The molecule has 2 rings (SSSR count). The van der Waals surface area contributed by atoms with Crippen molar-refractivity contribution >= 4 is 40.2 Å². The van der Waals surface area contributed by atoms with Crippen molar-refractivity contribution < 1.29 is 19.1 Å². The standard InChI is InChI=1S/C16H14INO4/c1-21-16(20)13-7-2-3-8-14(13)22-10-15(19)18-12-6-4-5-11(17)9-12/h2-9H,10H2,1H3,(H,18,19). The molecule has 1 N–H and O–H groups in total. The van der Waals surface area contributed by atoms with Gasteiger partial charge in [0.15, 0.2) is 6.61 Å². The third kappa shape index (κ3) is 4.45. The third-order valence-corrected chi connectivity index (χ3v) is 3.43. The van der Waals surface area contributed by atoms with Crippen LogP contribution < -0.4 is 10.1 Å². The second-order valence-corrected chi connectivity index (χ2v) is 5.58. The van der Waals surface area contributed by atoms with E-state index in [1.165, 1.54) is 7.11 Å². The van der Waals surface area contributed by atoms with E-state index in [0.717, 1.165) is 3.57 Å². The lowest BCUT2D eigenvalue weighted by Gasteiger charge is -2.10. The van der Waals surface area contributed by atoms with Gasteiger partial charge in [-0.3, -0.25) is 4.79 Å². The molecule has 1 amide bonds. The molecule has 0 fully saturated rings. The minimum atomic E-state index is -0.506. The van der Waals surface area contributed by atoms with Crippen LogP contribution in [0.5, 0.6) is 5.75 Å². The number of para-hydroxylation sites is 1. The summed E-state index contributed by atoms with van der Waals surface area (Å²) >= 11 is 2.16. The molecule has 0 saturated carbocycles. The molecule has 5 nitrogen and oxygen atoms in total. The van der Waals surface area contributed by atoms with Crippen LogP contribution in [0, 0.1) is 3.57 Å². The molecule has 0 heterocycles. The molecule has 2 aromatic carbocycles. The lowest BCUT2D eigenvalue weighted by Crippen LogP contribution is -2.21. The van der Waals surface area contributed by atoms with Gasteiger partial charge in [-0.25, -0.2) is 4.79 Å². The zero-order valence-electron chi connectivity index (χ0n) is 11.8. The highest BCUT2D eigenvalue weighted by atomic mass is 127. The molecule has 0 unspecified atom stereocenters. The minimum Gasteiger partial charge on any atom is -0.483 e. The van der Waals surface area contributed by atoms with E-state index in [2.05, 4.69) is 32.6 Å². The number of carbonyl (C=O) groups excluding carboxylic acids is 2. The van der Waals surface area contributed by atoms with Crippen LogP contribution in [0.2, 0.25) is 0 Å². The first kappa shape index (κ1) is 16.3. The molecule has 2 aromatic rings. The summed E-state index contributed by atoms with van der Waals surface area (Å²) in [7, 11) is 1.29. The number of amides is 1. The quantitative estimate of drug-likeness (QED) is 0.607. The van der Waals surface area contributed by atoms with E-state index in [4.69, 9.17) is 4.74 Å². The predicted molar refractivity (Wildman–Crippen MR) is 91.1 cm³/mol. The molecule has 6 heteroatoms. The first-order chi connectivity index (χ1) is 10.6. The normalized spacial score (nSPS) is 9.91. The summed E-state index contributed by atoms with van der Waals surface area (Å²) in [4.78, 5) is 23.5. The topological polar surface area (TPSA) is 64.6 Å². The SMILES string of the molecule is COC(=O)c1ccccc1OCC(=O)Nc1cccc(I)c1. The number of benzene rings is 2. The molecule has 0 atom stereocenters. The molecule has 0 aliphatic rings. The van der Waals surface area contributed by atoms with Gasteiger partial charge in [0.1, 0.15) is 11.3 Å². The van der Waals surface area contributed by atoms with Crippen molar-refractivity contribution in [2.75, 3.05) is 19.0 Å². The lowest BCUT2D eigenvalue weighted by atomic mass is 10.2. The smallest absolute Gasteiger partial charge is 0.341 e. The fraction of sp³-hybridized carbons (Fsp3) is 0.125. The van der Waals surface area contributed by atoms with E-state index in [0.29, 0.717) is 11.4 Å². The van der Waals surface area contributed by atoms with Crippen LogP contribution in [0.4, 0.5) is 5.69 Å². The van der Waals surface area contributed by atoms with E-state index in [1.54, 1.807) is 30.3 Å². The summed E-state index contributed by atoms with van der Waals surface area (Å²) in [6.07, 6.45) is 0. The Labute approximate surface area is 141 Å². The Morgan fingerprint density at radius 1 is 1.14 bits per heavy atom. The first-order valence-electron chi connectivity index (χ1n) is 6.45. The first-order valence-corrected chi connectivity index (χ1v) is 7.53. The summed E-state index contributed by atoms with van der Waals surface area (Å²) in [5, 5.41) is 2.73. The summed E-state index contributed by atoms with van der Waals surface area (Å²) in [5.41, 5.74) is 0.980. The molecular weight excluding hydrogens is 397 g/mol. The molecule has 0 spiro atoms. The highest BCUT2D eigenvalue weighted by Gasteiger charge is 2.13. The Kier molecular flexibility index (Phi) is 5.76. The van der Waals surface area contributed by atoms with Gasteiger partial charge in [0.25, 0.3) is 5.91 Å². The fourth-order valence-electron chi connectivity index (χ4n) is 1.78. The van der Waals surface area contributed by atoms with E-state index in [9.17, 15) is 9.59 Å². The Morgan fingerprint density at radius 2 is 1.91 bits per heavy atom. The third-order valence-electron chi connectivity index (χ3n) is 2.76. The van der Waals surface area contributed by atoms with E-state index < -0.39 is 5.97 Å². The second-order valence-electron chi connectivity index (χ2n) is 4.33. The molecule has 0 aromatic heterocycles. The summed E-state index contributed by atoms with van der Waals surface area (Å²) < 4.78 is 11.1. The molecular formula is C16H14INO4. The molecule has 0 aliphatic heterocycles. The van der Waals surface area contributed by atoms with Gasteiger partial charge < -0.3 is 14.8 Å². The zero-order valence-corrected chi connectivity index (χ0v) is 14.0. The van der Waals surface area contributed by atoms with Gasteiger partial charge in [0.2, 0.25) is 0 Å². The number of hydrogen-bond donors (Lipinski definition) is 1. The number of nitrogens with one attached hydrogen (secondary N) is 1. The van der Waals surface area contributed by atoms with Crippen LogP contribution in [-0.2, 0) is 9.53 Å². The Balaban J connectivity index is 1.98. The van der Waals surface area contributed by atoms with Gasteiger partial charge in [-0.05, 0) is 52.9 Å². The Hall–Kier alpha value is -2.09. The number of esters is 1. The number of halogens is 1. The summed E-state index contributed by atoms with van der Waals surface area (Å²) in [6, 6.07) is 14.0. The molecule has 114 valence electrons. The van der Waals surface area contributed by atoms with Crippen molar-refractivity contribution in [2.24, 2.45) is 0 Å². The highest BCUT2D eigenvalue weighted by molar-refractivity contribution is 14.1. The van der Waals surface area contributed by atoms with Gasteiger partial charge in [-0.15, -0.1) is 0 Å². The van der Waals surface area contributed by atoms with Crippen LogP contribution in [0.15, 0.2) is 48.5 Å². The van der Waals surface area contributed by atoms with Crippen molar-refractivity contribution in [1.82, 2.24) is 0 Å². The molecule has 0 aliphatic carbocycles. The number of rotatable bonds is 5. The maximum atomic E-state index is 11.9. The van der Waals surface area contributed by atoms with E-state index >= 15 is 0 Å². The van der Waals surface area contributed by atoms with Gasteiger partial charge in [0, 0.05) is 9.26 Å². The number of methoxy groups -OCH3 is 1. The van der Waals surface area contributed by atoms with Crippen molar-refractivity contribution in [3.8, 4) is 5.75 Å².